The second-order valence-electron chi connectivity index (χ2n) is 4.89. The van der Waals surface area contributed by atoms with Gasteiger partial charge in [-0.05, 0) is 40.5 Å². The van der Waals surface area contributed by atoms with Gasteiger partial charge in [0.05, 0.1) is 11.3 Å². The number of amides is 1. The van der Waals surface area contributed by atoms with Crippen LogP contribution < -0.4 is 5.32 Å². The highest BCUT2D eigenvalue weighted by Crippen LogP contribution is 2.36. The first-order chi connectivity index (χ1) is 10.0. The number of aryl methyl sites for hydroxylation is 1. The van der Waals surface area contributed by atoms with Gasteiger partial charge in [-0.25, -0.2) is 0 Å². The molecule has 3 rings (SSSR count). The van der Waals surface area contributed by atoms with E-state index in [-0.39, 0.29) is 0 Å². The van der Waals surface area contributed by atoms with E-state index in [0.29, 0.717) is 11.3 Å². The van der Waals surface area contributed by atoms with Gasteiger partial charge in [-0.3, -0.25) is 9.59 Å². The number of hydrogen-bond donors (Lipinski definition) is 1. The molecule has 0 bridgehead atoms. The monoisotopic (exact) mass is 361 g/mol. The number of fused-ring (bicyclic) bond motifs is 1. The topological polar surface area (TPSA) is 46.2 Å². The Morgan fingerprint density at radius 3 is 2.76 bits per heavy atom. The van der Waals surface area contributed by atoms with Gasteiger partial charge in [-0.2, -0.15) is 0 Å². The van der Waals surface area contributed by atoms with Gasteiger partial charge in [0.1, 0.15) is 0 Å². The van der Waals surface area contributed by atoms with Gasteiger partial charge in [-0.1, -0.05) is 29.8 Å². The second-order valence-corrected chi connectivity index (χ2v) is 6.76. The van der Waals surface area contributed by atoms with Crippen molar-refractivity contribution < 1.29 is 9.59 Å². The number of anilines is 1. The van der Waals surface area contributed by atoms with E-state index in [2.05, 4.69) is 46.4 Å². The molecule has 0 radical (unpaired) electrons. The summed E-state index contributed by atoms with van der Waals surface area (Å²) in [5.41, 5.74) is 3.51. The van der Waals surface area contributed by atoms with E-state index in [1.54, 1.807) is 17.8 Å². The SMILES string of the molecule is Cc1cccc(CSc2cc3c(cc2Br)C(=O)C(=O)N3)c1. The Labute approximate surface area is 135 Å². The predicted octanol–water partition coefficient (Wildman–Crippen LogP) is 4.18. The highest BCUT2D eigenvalue weighted by molar-refractivity contribution is 9.10. The number of thioether (sulfide) groups is 1. The molecule has 0 saturated heterocycles. The normalized spacial score (nSPS) is 13.2. The number of hydrogen-bond acceptors (Lipinski definition) is 3. The largest absolute Gasteiger partial charge is 0.318 e. The number of rotatable bonds is 3. The lowest BCUT2D eigenvalue weighted by Crippen LogP contribution is -2.12. The summed E-state index contributed by atoms with van der Waals surface area (Å²) in [6, 6.07) is 11.9. The maximum absolute atomic E-state index is 11.6. The molecule has 2 aromatic carbocycles. The summed E-state index contributed by atoms with van der Waals surface area (Å²) in [4.78, 5) is 24.0. The maximum atomic E-state index is 11.6. The summed E-state index contributed by atoms with van der Waals surface area (Å²) in [6.45, 7) is 2.07. The van der Waals surface area contributed by atoms with Crippen molar-refractivity contribution in [1.82, 2.24) is 0 Å². The third kappa shape index (κ3) is 2.89. The number of carbonyl (C=O) groups excluding carboxylic acids is 2. The summed E-state index contributed by atoms with van der Waals surface area (Å²) < 4.78 is 0.837. The van der Waals surface area contributed by atoms with Crippen LogP contribution in [0.25, 0.3) is 0 Å². The number of Topliss-reactive ketones (excluding diaryl/α,β-unsaturated/α-hetero) is 1. The average Bonchev–Trinajstić information content (AvgIpc) is 2.72. The number of nitrogens with one attached hydrogen (secondary N) is 1. The van der Waals surface area contributed by atoms with Crippen molar-refractivity contribution in [1.29, 1.82) is 0 Å². The summed E-state index contributed by atoms with van der Waals surface area (Å²) in [6.07, 6.45) is 0. The number of benzene rings is 2. The van der Waals surface area contributed by atoms with Crippen molar-refractivity contribution in [3.05, 3.63) is 57.6 Å². The minimum absolute atomic E-state index is 0.437. The van der Waals surface area contributed by atoms with Crippen LogP contribution in [0.15, 0.2) is 45.8 Å². The Morgan fingerprint density at radius 2 is 2.00 bits per heavy atom. The fourth-order valence-electron chi connectivity index (χ4n) is 2.22. The predicted molar refractivity (Wildman–Crippen MR) is 87.8 cm³/mol. The molecule has 1 heterocycles. The van der Waals surface area contributed by atoms with Crippen molar-refractivity contribution in [3.8, 4) is 0 Å². The van der Waals surface area contributed by atoms with Crippen LogP contribution >= 0.6 is 27.7 Å². The van der Waals surface area contributed by atoms with Crippen LogP contribution in [-0.2, 0) is 10.5 Å². The molecule has 0 saturated carbocycles. The molecule has 0 aliphatic carbocycles. The Hall–Kier alpha value is -1.59. The molecule has 0 fully saturated rings. The molecule has 0 unspecified atom stereocenters. The van der Waals surface area contributed by atoms with E-state index in [1.807, 2.05) is 12.1 Å². The highest BCUT2D eigenvalue weighted by Gasteiger charge is 2.28. The number of carbonyl (C=O) groups is 2. The molecule has 2 aromatic rings. The first kappa shape index (κ1) is 14.4. The van der Waals surface area contributed by atoms with E-state index in [4.69, 9.17) is 0 Å². The van der Waals surface area contributed by atoms with Gasteiger partial charge in [0, 0.05) is 15.1 Å². The van der Waals surface area contributed by atoms with E-state index < -0.39 is 11.7 Å². The highest BCUT2D eigenvalue weighted by atomic mass is 79.9. The summed E-state index contributed by atoms with van der Waals surface area (Å²) in [5, 5.41) is 2.60. The molecule has 0 aromatic heterocycles. The minimum atomic E-state index is -0.558. The molecule has 106 valence electrons. The third-order valence-corrected chi connectivity index (χ3v) is 5.29. The number of ketones is 1. The van der Waals surface area contributed by atoms with E-state index in [1.165, 1.54) is 11.1 Å². The molecule has 1 aliphatic rings. The van der Waals surface area contributed by atoms with Gasteiger partial charge < -0.3 is 5.32 Å². The fourth-order valence-corrected chi connectivity index (χ4v) is 3.81. The Morgan fingerprint density at radius 1 is 1.19 bits per heavy atom. The molecule has 1 amide bonds. The van der Waals surface area contributed by atoms with Crippen molar-refractivity contribution in [2.24, 2.45) is 0 Å². The standard InChI is InChI=1S/C16H12BrNO2S/c1-9-3-2-4-10(5-9)8-21-14-7-13-11(6-12(14)17)15(19)16(20)18-13/h2-7H,8H2,1H3,(H,18,19,20). The van der Waals surface area contributed by atoms with E-state index in [9.17, 15) is 9.59 Å². The zero-order valence-corrected chi connectivity index (χ0v) is 13.7. The first-order valence-electron chi connectivity index (χ1n) is 6.42. The lowest BCUT2D eigenvalue weighted by Gasteiger charge is -2.07. The zero-order chi connectivity index (χ0) is 15.0. The smallest absolute Gasteiger partial charge is 0.296 e. The summed E-state index contributed by atoms with van der Waals surface area (Å²) >= 11 is 5.14. The molecule has 21 heavy (non-hydrogen) atoms. The molecule has 3 nitrogen and oxygen atoms in total. The molecule has 5 heteroatoms. The second kappa shape index (κ2) is 5.66. The molecule has 1 aliphatic heterocycles. The van der Waals surface area contributed by atoms with E-state index in [0.717, 1.165) is 15.1 Å². The quantitative estimate of drug-likeness (QED) is 0.658. The van der Waals surface area contributed by atoms with Gasteiger partial charge in [-0.15, -0.1) is 11.8 Å². The van der Waals surface area contributed by atoms with Crippen LogP contribution in [0.4, 0.5) is 5.69 Å². The van der Waals surface area contributed by atoms with Crippen LogP contribution in [0.5, 0.6) is 0 Å². The van der Waals surface area contributed by atoms with Crippen molar-refractivity contribution in [2.45, 2.75) is 17.6 Å². The Balaban J connectivity index is 1.83. The molecule has 1 N–H and O–H groups in total. The van der Waals surface area contributed by atoms with Crippen LogP contribution in [0.3, 0.4) is 0 Å². The summed E-state index contributed by atoms with van der Waals surface area (Å²) in [5.74, 6) is -0.195. The Bertz CT molecular complexity index is 758. The molecular formula is C16H12BrNO2S. The lowest BCUT2D eigenvalue weighted by molar-refractivity contribution is -0.112. The summed E-state index contributed by atoms with van der Waals surface area (Å²) in [7, 11) is 0. The van der Waals surface area contributed by atoms with E-state index >= 15 is 0 Å². The first-order valence-corrected chi connectivity index (χ1v) is 8.20. The molecule has 0 atom stereocenters. The van der Waals surface area contributed by atoms with Gasteiger partial charge in [0.2, 0.25) is 0 Å². The minimum Gasteiger partial charge on any atom is -0.318 e. The van der Waals surface area contributed by atoms with Crippen molar-refractivity contribution in [2.75, 3.05) is 5.32 Å². The average molecular weight is 362 g/mol. The molecular weight excluding hydrogens is 350 g/mol. The van der Waals surface area contributed by atoms with Crippen LogP contribution in [-0.4, -0.2) is 11.7 Å². The van der Waals surface area contributed by atoms with Crippen LogP contribution in [0.1, 0.15) is 21.5 Å². The van der Waals surface area contributed by atoms with Crippen molar-refractivity contribution >= 4 is 45.1 Å². The molecule has 0 spiro atoms. The van der Waals surface area contributed by atoms with Gasteiger partial charge in [0.15, 0.2) is 0 Å². The van der Waals surface area contributed by atoms with Crippen LogP contribution in [0.2, 0.25) is 0 Å². The maximum Gasteiger partial charge on any atom is 0.296 e. The van der Waals surface area contributed by atoms with Crippen molar-refractivity contribution in [3.63, 3.8) is 0 Å². The fraction of sp³-hybridized carbons (Fsp3) is 0.125. The zero-order valence-electron chi connectivity index (χ0n) is 11.3. The third-order valence-electron chi connectivity index (χ3n) is 3.25. The van der Waals surface area contributed by atoms with Crippen LogP contribution in [0, 0.1) is 6.92 Å². The van der Waals surface area contributed by atoms with Gasteiger partial charge >= 0.3 is 0 Å². The number of halogens is 1. The Kier molecular flexibility index (Phi) is 3.87. The lowest BCUT2D eigenvalue weighted by atomic mass is 10.1. The van der Waals surface area contributed by atoms with Gasteiger partial charge in [0.25, 0.3) is 11.7 Å².